The van der Waals surface area contributed by atoms with E-state index in [2.05, 4.69) is 251 Å². The quantitative estimate of drug-likeness (QED) is 0.248. The molecule has 9 aliphatic rings. The number of rotatable bonds is 3. The Balaban J connectivity index is 0.000000267. The molecule has 3 unspecified atom stereocenters. The SMILES string of the molecule is CC(C)(C)N1CCOCC1.CC(C)(C)N1CCc2cccc(C(F)(F)F)c2C1.CC(C)(C)N1CCc2cccnc2C1.CC(C)(C)N1Cc2cccnc2C1.CC1CN(C(C)(C)C)CCO1.CN1CCN(C(C)(C)C)CC1.COC1CCCN(C(C)(C)C)C1.COC1CCN(C(C)(C)C)C1.COC1CCN(C(C)(C)C)CC1. The van der Waals surface area contributed by atoms with Gasteiger partial charge in [-0.25, -0.2) is 0 Å². The number of likely N-dealkylation sites (tertiary alicyclic amines) is 3. The van der Waals surface area contributed by atoms with Gasteiger partial charge < -0.3 is 28.6 Å². The number of pyridine rings is 2. The van der Waals surface area contributed by atoms with Gasteiger partial charge in [-0.15, -0.1) is 0 Å². The predicted molar refractivity (Wildman–Crippen MR) is 464 cm³/mol. The summed E-state index contributed by atoms with van der Waals surface area (Å²) in [6.45, 7) is 86.8. The van der Waals surface area contributed by atoms with Crippen LogP contribution in [0.25, 0.3) is 0 Å². The van der Waals surface area contributed by atoms with Crippen molar-refractivity contribution in [1.82, 2.24) is 59.0 Å². The zero-order chi connectivity index (χ0) is 84.7. The number of morpholine rings is 2. The fourth-order valence-electron chi connectivity index (χ4n) is 15.2. The van der Waals surface area contributed by atoms with Crippen molar-refractivity contribution in [3.8, 4) is 0 Å². The molecule has 2 aromatic heterocycles. The van der Waals surface area contributed by atoms with Gasteiger partial charge in [0.15, 0.2) is 0 Å². The van der Waals surface area contributed by atoms with Gasteiger partial charge in [-0.3, -0.25) is 54.1 Å². The Kier molecular flexibility index (Phi) is 40.3. The summed E-state index contributed by atoms with van der Waals surface area (Å²) in [4.78, 5) is 33.2. The minimum absolute atomic E-state index is 0.101. The van der Waals surface area contributed by atoms with Crippen LogP contribution in [-0.4, -0.2) is 286 Å². The van der Waals surface area contributed by atoms with Crippen molar-refractivity contribution in [2.24, 2.45) is 0 Å². The number of likely N-dealkylation sites (N-methyl/N-ethyl adjacent to an activating group) is 1. The molecular weight excluding hydrogens is 1410 g/mol. The van der Waals surface area contributed by atoms with E-state index in [0.717, 1.165) is 104 Å². The van der Waals surface area contributed by atoms with Crippen molar-refractivity contribution in [2.45, 2.75) is 345 Å². The van der Waals surface area contributed by atoms with E-state index in [1.165, 1.54) is 119 Å². The lowest BCUT2D eigenvalue weighted by molar-refractivity contribution is -0.138. The Morgan fingerprint density at radius 3 is 1.15 bits per heavy atom. The first-order chi connectivity index (χ1) is 51.6. The number of fused-ring (bicyclic) bond motifs is 3. The smallest absolute Gasteiger partial charge is 0.381 e. The Bertz CT molecular complexity index is 3050. The maximum Gasteiger partial charge on any atom is 0.416 e. The highest BCUT2D eigenvalue weighted by Crippen LogP contribution is 2.38. The summed E-state index contributed by atoms with van der Waals surface area (Å²) in [6, 6.07) is 12.9. The number of ether oxygens (including phenoxy) is 5. The van der Waals surface area contributed by atoms with Crippen LogP contribution in [0.3, 0.4) is 0 Å². The lowest BCUT2D eigenvalue weighted by Crippen LogP contribution is -2.52. The van der Waals surface area contributed by atoms with Crippen molar-refractivity contribution in [2.75, 3.05) is 153 Å². The van der Waals surface area contributed by atoms with Crippen LogP contribution in [0.4, 0.5) is 13.2 Å². The molecule has 648 valence electrons. The van der Waals surface area contributed by atoms with E-state index >= 15 is 0 Å². The highest BCUT2D eigenvalue weighted by Gasteiger charge is 2.38. The highest BCUT2D eigenvalue weighted by molar-refractivity contribution is 5.39. The number of hydrogen-bond donors (Lipinski definition) is 0. The van der Waals surface area contributed by atoms with Gasteiger partial charge in [-0.05, 0) is 293 Å². The maximum absolute atomic E-state index is 13.0. The molecule has 11 heterocycles. The number of alkyl halides is 3. The largest absolute Gasteiger partial charge is 0.416 e. The number of nitrogens with zero attached hydrogens (tertiary/aromatic N) is 12. The van der Waals surface area contributed by atoms with Crippen molar-refractivity contribution >= 4 is 0 Å². The number of halogens is 3. The van der Waals surface area contributed by atoms with Gasteiger partial charge >= 0.3 is 6.18 Å². The van der Waals surface area contributed by atoms with E-state index < -0.39 is 11.7 Å². The van der Waals surface area contributed by atoms with Gasteiger partial charge in [0.2, 0.25) is 0 Å². The lowest BCUT2D eigenvalue weighted by atomic mass is 9.91. The molecule has 9 aliphatic heterocycles. The molecule has 112 heavy (non-hydrogen) atoms. The normalized spacial score (nSPS) is 22.5. The molecule has 6 saturated heterocycles. The van der Waals surface area contributed by atoms with Crippen molar-refractivity contribution < 1.29 is 36.9 Å². The maximum atomic E-state index is 13.0. The first-order valence-electron chi connectivity index (χ1n) is 42.8. The molecule has 0 amide bonds. The minimum Gasteiger partial charge on any atom is -0.381 e. The lowest BCUT2D eigenvalue weighted by Gasteiger charge is -2.41. The van der Waals surface area contributed by atoms with Gasteiger partial charge in [-0.2, -0.15) is 13.2 Å². The van der Waals surface area contributed by atoms with Crippen LogP contribution in [0.15, 0.2) is 54.9 Å². The summed E-state index contributed by atoms with van der Waals surface area (Å²) < 4.78 is 65.7. The number of aromatic nitrogens is 2. The van der Waals surface area contributed by atoms with Crippen LogP contribution < -0.4 is 0 Å². The molecule has 0 N–H and O–H groups in total. The van der Waals surface area contributed by atoms with E-state index in [4.69, 9.17) is 23.7 Å². The minimum atomic E-state index is -4.26. The number of piperazine rings is 1. The van der Waals surface area contributed by atoms with Crippen LogP contribution in [-0.2, 0) is 68.9 Å². The molecule has 0 bridgehead atoms. The third-order valence-corrected chi connectivity index (χ3v) is 23.5. The summed E-state index contributed by atoms with van der Waals surface area (Å²) in [5.74, 6) is 0. The Morgan fingerprint density at radius 1 is 0.357 bits per heavy atom. The molecule has 0 saturated carbocycles. The van der Waals surface area contributed by atoms with Crippen LogP contribution in [0, 0.1) is 0 Å². The Hall–Kier alpha value is -3.29. The van der Waals surface area contributed by atoms with Gasteiger partial charge in [0.1, 0.15) is 0 Å². The molecule has 3 atom stereocenters. The highest BCUT2D eigenvalue weighted by atomic mass is 19.4. The first-order valence-corrected chi connectivity index (χ1v) is 42.8. The topological polar surface area (TPSA) is 104 Å². The zero-order valence-electron chi connectivity index (χ0n) is 77.8. The van der Waals surface area contributed by atoms with Crippen LogP contribution >= 0.6 is 0 Å². The third-order valence-electron chi connectivity index (χ3n) is 23.5. The summed E-state index contributed by atoms with van der Waals surface area (Å²) in [6.07, 6.45) is 9.24. The molecule has 0 aliphatic carbocycles. The monoisotopic (exact) mass is 1580 g/mol. The number of benzene rings is 1. The molecule has 0 spiro atoms. The van der Waals surface area contributed by atoms with E-state index in [9.17, 15) is 13.2 Å². The molecule has 12 rings (SSSR count). The molecule has 3 aromatic rings. The fraction of sp³-hybridized carbons (Fsp3) is 0.826. The van der Waals surface area contributed by atoms with E-state index in [0.29, 0.717) is 76.2 Å². The summed E-state index contributed by atoms with van der Waals surface area (Å²) in [5, 5.41) is 0. The molecular formula is C92H169F3N12O5. The number of hydrogen-bond acceptors (Lipinski definition) is 17. The number of piperidine rings is 2. The summed E-state index contributed by atoms with van der Waals surface area (Å²) >= 11 is 0. The van der Waals surface area contributed by atoms with E-state index in [1.54, 1.807) is 7.11 Å². The van der Waals surface area contributed by atoms with Crippen molar-refractivity contribution in [3.63, 3.8) is 0 Å². The van der Waals surface area contributed by atoms with Crippen LogP contribution in [0.5, 0.6) is 0 Å². The molecule has 0 radical (unpaired) electrons. The molecule has 1 aromatic carbocycles. The van der Waals surface area contributed by atoms with Crippen LogP contribution in [0.1, 0.15) is 265 Å². The van der Waals surface area contributed by atoms with Crippen LogP contribution in [0.2, 0.25) is 0 Å². The zero-order valence-corrected chi connectivity index (χ0v) is 77.8. The van der Waals surface area contributed by atoms with Gasteiger partial charge in [0.05, 0.1) is 61.2 Å². The average molecular weight is 1580 g/mol. The summed E-state index contributed by atoms with van der Waals surface area (Å²) in [7, 11) is 7.63. The van der Waals surface area contributed by atoms with Gasteiger partial charge in [-0.1, -0.05) is 24.3 Å². The Morgan fingerprint density at radius 2 is 0.732 bits per heavy atom. The molecule has 20 heteroatoms. The second kappa shape index (κ2) is 44.7. The fourth-order valence-corrected chi connectivity index (χ4v) is 15.2. The third kappa shape index (κ3) is 36.1. The first kappa shape index (κ1) is 101. The average Bonchev–Trinajstić information content (AvgIpc) is 1.05. The predicted octanol–water partition coefficient (Wildman–Crippen LogP) is 17.2. The standard InChI is InChI=1S/C14H18F3N.C12H18N2.C11H16N2.2C10H21NO.C9H20N2.2C9H19NO.C8H17NO/c1-13(2,3)18-8-7-10-5-4-6-12(11(10)9-18)14(15,16)17;1-12(2,3)14-8-6-10-5-4-7-13-11(10)9-14;1-11(2,3)13-7-9-5-4-6-12-10(9)8-13;1-10(2,3)11-7-5-9(12-4)6-8-11;1-10(2,3)11-7-5-6-9(8-11)12-4;1-9(2,3)11-7-5-10(4)6-8-11;1-9(2,3)10-6-5-8(7-10)11-4;1-8-7-10(5-6-11-8)9(2,3)4;1-8(2,3)9-4-6-10-7-5-9/h4-6H,7-9H2,1-3H3;4-5,7H,6,8-9H2,1-3H3;4-6H,7-8H2,1-3H3;2*9H,5-8H2,1-4H3;5-8H2,1-4H3;2*8H,5-7H2,1-4H3;4-7H2,1-3H3. The van der Waals surface area contributed by atoms with Crippen molar-refractivity contribution in [1.29, 1.82) is 0 Å². The van der Waals surface area contributed by atoms with Gasteiger partial charge in [0.25, 0.3) is 0 Å². The second-order valence-electron chi connectivity index (χ2n) is 41.4. The van der Waals surface area contributed by atoms with E-state index in [-0.39, 0.29) is 16.6 Å². The van der Waals surface area contributed by atoms with E-state index in [1.807, 2.05) is 65.6 Å². The Labute approximate surface area is 684 Å². The molecule has 6 fully saturated rings. The molecule has 17 nitrogen and oxygen atoms in total. The van der Waals surface area contributed by atoms with Crippen molar-refractivity contribution in [3.05, 3.63) is 94.1 Å². The number of methoxy groups -OCH3 is 3. The van der Waals surface area contributed by atoms with Gasteiger partial charge in [0, 0.05) is 208 Å². The summed E-state index contributed by atoms with van der Waals surface area (Å²) in [5.41, 5.74) is 8.47. The second-order valence-corrected chi connectivity index (χ2v) is 41.4.